The van der Waals surface area contributed by atoms with Crippen LogP contribution in [0, 0.1) is 6.92 Å². The molecule has 0 fully saturated rings. The Balaban J connectivity index is 1.81. The molecule has 2 heterocycles. The van der Waals surface area contributed by atoms with Gasteiger partial charge in [-0.2, -0.15) is 0 Å². The number of anilines is 1. The molecule has 1 atom stereocenters. The molecule has 0 saturated heterocycles. The summed E-state index contributed by atoms with van der Waals surface area (Å²) in [5, 5.41) is 15.4. The van der Waals surface area contributed by atoms with Crippen LogP contribution >= 0.6 is 0 Å². The molecular formula is C23H21N3O2. The highest BCUT2D eigenvalue weighted by Crippen LogP contribution is 2.36. The molecule has 5 nitrogen and oxygen atoms in total. The van der Waals surface area contributed by atoms with Gasteiger partial charge in [-0.1, -0.05) is 18.2 Å². The zero-order valence-corrected chi connectivity index (χ0v) is 15.8. The van der Waals surface area contributed by atoms with Crippen molar-refractivity contribution in [1.29, 1.82) is 0 Å². The fourth-order valence-corrected chi connectivity index (χ4v) is 3.27. The van der Waals surface area contributed by atoms with E-state index in [4.69, 9.17) is 4.74 Å². The highest BCUT2D eigenvalue weighted by molar-refractivity contribution is 5.86. The van der Waals surface area contributed by atoms with Crippen LogP contribution in [0.1, 0.15) is 22.9 Å². The lowest BCUT2D eigenvalue weighted by Gasteiger charge is -2.22. The first-order valence-electron chi connectivity index (χ1n) is 9.05. The molecule has 0 aliphatic rings. The van der Waals surface area contributed by atoms with E-state index in [0.29, 0.717) is 5.52 Å². The lowest BCUT2D eigenvalue weighted by molar-refractivity contribution is 0.415. The number of hydrogen-bond donors (Lipinski definition) is 2. The molecule has 0 amide bonds. The van der Waals surface area contributed by atoms with Crippen molar-refractivity contribution in [1.82, 2.24) is 9.97 Å². The maximum Gasteiger partial charge on any atom is 0.147 e. The fraction of sp³-hybridized carbons (Fsp3) is 0.130. The Labute approximate surface area is 163 Å². The van der Waals surface area contributed by atoms with Crippen LogP contribution in [0.4, 0.5) is 5.69 Å². The summed E-state index contributed by atoms with van der Waals surface area (Å²) in [5.41, 5.74) is 4.14. The third kappa shape index (κ3) is 3.47. The standard InChI is InChI=1S/C23H21N3O2/c1-15-3-4-16-5-10-20(23(27)22(16)25-15)21(17-11-13-24-14-12-17)26-18-6-8-19(28-2)9-7-18/h3-14,21,26-27H,1-2H3. The van der Waals surface area contributed by atoms with Gasteiger partial charge in [0.25, 0.3) is 0 Å². The molecule has 0 radical (unpaired) electrons. The lowest BCUT2D eigenvalue weighted by Crippen LogP contribution is -2.13. The van der Waals surface area contributed by atoms with Crippen LogP contribution in [0.5, 0.6) is 11.5 Å². The van der Waals surface area contributed by atoms with E-state index in [0.717, 1.165) is 33.6 Å². The van der Waals surface area contributed by atoms with Crippen LogP contribution in [-0.2, 0) is 0 Å². The smallest absolute Gasteiger partial charge is 0.147 e. The van der Waals surface area contributed by atoms with E-state index in [1.165, 1.54) is 0 Å². The SMILES string of the molecule is COc1ccc(NC(c2ccncc2)c2ccc3ccc(C)nc3c2O)cc1. The van der Waals surface area contributed by atoms with Crippen molar-refractivity contribution in [2.45, 2.75) is 13.0 Å². The summed E-state index contributed by atoms with van der Waals surface area (Å²) in [4.78, 5) is 8.65. The number of aromatic nitrogens is 2. The zero-order valence-electron chi connectivity index (χ0n) is 15.8. The van der Waals surface area contributed by atoms with Gasteiger partial charge in [-0.3, -0.25) is 4.98 Å². The summed E-state index contributed by atoms with van der Waals surface area (Å²) in [7, 11) is 1.64. The number of methoxy groups -OCH3 is 1. The van der Waals surface area contributed by atoms with Gasteiger partial charge >= 0.3 is 0 Å². The van der Waals surface area contributed by atoms with Gasteiger partial charge in [-0.15, -0.1) is 0 Å². The molecule has 1 unspecified atom stereocenters. The third-order valence-electron chi connectivity index (χ3n) is 4.76. The number of nitrogens with one attached hydrogen (secondary N) is 1. The normalized spacial score (nSPS) is 11.9. The van der Waals surface area contributed by atoms with Gasteiger partial charge in [0.05, 0.1) is 13.2 Å². The number of pyridine rings is 2. The molecule has 140 valence electrons. The summed E-state index contributed by atoms with van der Waals surface area (Å²) in [6, 6.07) is 19.2. The molecule has 0 aliphatic carbocycles. The van der Waals surface area contributed by atoms with Crippen molar-refractivity contribution in [3.05, 3.63) is 89.9 Å². The molecule has 2 aromatic heterocycles. The number of aryl methyl sites for hydroxylation is 1. The first-order chi connectivity index (χ1) is 13.7. The number of hydrogen-bond acceptors (Lipinski definition) is 5. The molecule has 4 rings (SSSR count). The summed E-state index contributed by atoms with van der Waals surface area (Å²) < 4.78 is 5.24. The lowest BCUT2D eigenvalue weighted by atomic mass is 9.96. The highest BCUT2D eigenvalue weighted by Gasteiger charge is 2.20. The van der Waals surface area contributed by atoms with Crippen molar-refractivity contribution in [3.8, 4) is 11.5 Å². The number of rotatable bonds is 5. The minimum atomic E-state index is -0.261. The first kappa shape index (κ1) is 17.8. The molecule has 2 aromatic carbocycles. The number of phenolic OH excluding ortho intramolecular Hbond substituents is 1. The maximum absolute atomic E-state index is 11.0. The summed E-state index contributed by atoms with van der Waals surface area (Å²) >= 11 is 0. The average molecular weight is 371 g/mol. The van der Waals surface area contributed by atoms with Gasteiger partial charge < -0.3 is 15.2 Å². The molecular weight excluding hydrogens is 350 g/mol. The van der Waals surface area contributed by atoms with E-state index in [9.17, 15) is 5.11 Å². The highest BCUT2D eigenvalue weighted by atomic mass is 16.5. The van der Waals surface area contributed by atoms with Crippen LogP contribution in [-0.4, -0.2) is 22.2 Å². The minimum absolute atomic E-state index is 0.184. The van der Waals surface area contributed by atoms with Crippen molar-refractivity contribution < 1.29 is 9.84 Å². The second-order valence-corrected chi connectivity index (χ2v) is 6.61. The quantitative estimate of drug-likeness (QED) is 0.525. The number of phenols is 1. The van der Waals surface area contributed by atoms with Crippen LogP contribution in [0.15, 0.2) is 73.1 Å². The Hall–Kier alpha value is -3.60. The number of fused-ring (bicyclic) bond motifs is 1. The van der Waals surface area contributed by atoms with E-state index in [2.05, 4.69) is 15.3 Å². The second-order valence-electron chi connectivity index (χ2n) is 6.61. The van der Waals surface area contributed by atoms with E-state index < -0.39 is 0 Å². The Morgan fingerprint density at radius 3 is 2.36 bits per heavy atom. The number of nitrogens with zero attached hydrogens (tertiary/aromatic N) is 2. The van der Waals surface area contributed by atoms with Crippen LogP contribution in [0.3, 0.4) is 0 Å². The van der Waals surface area contributed by atoms with Crippen molar-refractivity contribution in [2.75, 3.05) is 12.4 Å². The first-order valence-corrected chi connectivity index (χ1v) is 9.05. The summed E-state index contributed by atoms with van der Waals surface area (Å²) in [5.74, 6) is 0.975. The molecule has 5 heteroatoms. The molecule has 0 saturated carbocycles. The Morgan fingerprint density at radius 1 is 0.929 bits per heavy atom. The number of aromatic hydroxyl groups is 1. The second kappa shape index (κ2) is 7.56. The van der Waals surface area contributed by atoms with Crippen LogP contribution < -0.4 is 10.1 Å². The topological polar surface area (TPSA) is 67.3 Å². The van der Waals surface area contributed by atoms with Gasteiger partial charge in [-0.05, 0) is 55.0 Å². The number of benzene rings is 2. The van der Waals surface area contributed by atoms with Crippen molar-refractivity contribution >= 4 is 16.6 Å². The van der Waals surface area contributed by atoms with E-state index in [1.54, 1.807) is 19.5 Å². The molecule has 28 heavy (non-hydrogen) atoms. The average Bonchev–Trinajstić information content (AvgIpc) is 2.74. The fourth-order valence-electron chi connectivity index (χ4n) is 3.27. The van der Waals surface area contributed by atoms with Gasteiger partial charge in [0.1, 0.15) is 17.0 Å². The maximum atomic E-state index is 11.0. The van der Waals surface area contributed by atoms with Gasteiger partial charge in [0, 0.05) is 34.7 Å². The zero-order chi connectivity index (χ0) is 19.5. The van der Waals surface area contributed by atoms with E-state index in [1.807, 2.05) is 67.6 Å². The Kier molecular flexibility index (Phi) is 4.81. The summed E-state index contributed by atoms with van der Waals surface area (Å²) in [6.07, 6.45) is 3.50. The van der Waals surface area contributed by atoms with E-state index >= 15 is 0 Å². The largest absolute Gasteiger partial charge is 0.505 e. The molecule has 0 bridgehead atoms. The van der Waals surface area contributed by atoms with Crippen molar-refractivity contribution in [3.63, 3.8) is 0 Å². The number of ether oxygens (including phenoxy) is 1. The molecule has 0 spiro atoms. The van der Waals surface area contributed by atoms with Gasteiger partial charge in [-0.25, -0.2) is 4.98 Å². The predicted octanol–water partition coefficient (Wildman–Crippen LogP) is 4.85. The van der Waals surface area contributed by atoms with Crippen LogP contribution in [0.2, 0.25) is 0 Å². The minimum Gasteiger partial charge on any atom is -0.505 e. The Bertz CT molecular complexity index is 1100. The Morgan fingerprint density at radius 2 is 1.64 bits per heavy atom. The predicted molar refractivity (Wildman–Crippen MR) is 111 cm³/mol. The van der Waals surface area contributed by atoms with Gasteiger partial charge in [0.15, 0.2) is 0 Å². The van der Waals surface area contributed by atoms with E-state index in [-0.39, 0.29) is 11.8 Å². The molecule has 0 aliphatic heterocycles. The van der Waals surface area contributed by atoms with Crippen molar-refractivity contribution in [2.24, 2.45) is 0 Å². The van der Waals surface area contributed by atoms with Gasteiger partial charge in [0.2, 0.25) is 0 Å². The molecule has 2 N–H and O–H groups in total. The van der Waals surface area contributed by atoms with Crippen LogP contribution in [0.25, 0.3) is 10.9 Å². The third-order valence-corrected chi connectivity index (χ3v) is 4.76. The molecule has 4 aromatic rings. The monoisotopic (exact) mass is 371 g/mol. The summed E-state index contributed by atoms with van der Waals surface area (Å²) in [6.45, 7) is 1.92.